The van der Waals surface area contributed by atoms with Crippen molar-refractivity contribution < 1.29 is 4.42 Å². The molecule has 1 heterocycles. The molecule has 16 heavy (non-hydrogen) atoms. The van der Waals surface area contributed by atoms with Crippen LogP contribution in [-0.2, 0) is 0 Å². The Labute approximate surface area is 98.4 Å². The van der Waals surface area contributed by atoms with Gasteiger partial charge in [0.05, 0.1) is 6.04 Å². The summed E-state index contributed by atoms with van der Waals surface area (Å²) in [7, 11) is 2.05. The average Bonchev–Trinajstić information content (AvgIpc) is 2.55. The van der Waals surface area contributed by atoms with E-state index in [1.54, 1.807) is 0 Å². The molecule has 1 saturated carbocycles. The third-order valence-corrected chi connectivity index (χ3v) is 3.75. The number of rotatable bonds is 3. The van der Waals surface area contributed by atoms with Crippen molar-refractivity contribution in [2.45, 2.75) is 51.5 Å². The summed E-state index contributed by atoms with van der Waals surface area (Å²) in [6.07, 6.45) is 8.25. The lowest BCUT2D eigenvalue weighted by molar-refractivity contribution is 0.293. The van der Waals surface area contributed by atoms with Crippen molar-refractivity contribution in [1.29, 1.82) is 0 Å². The van der Waals surface area contributed by atoms with Crippen molar-refractivity contribution in [3.05, 3.63) is 23.7 Å². The molecule has 2 heteroatoms. The van der Waals surface area contributed by atoms with Gasteiger partial charge in [-0.05, 0) is 44.9 Å². The Kier molecular flexibility index (Phi) is 4.05. The SMILES string of the molecule is CNC(c1ccc(C)o1)C1CCCCCC1. The maximum absolute atomic E-state index is 5.77. The van der Waals surface area contributed by atoms with Gasteiger partial charge in [0.2, 0.25) is 0 Å². The second-order valence-electron chi connectivity index (χ2n) is 4.97. The van der Waals surface area contributed by atoms with Gasteiger partial charge in [0.15, 0.2) is 0 Å². The molecule has 1 unspecified atom stereocenters. The summed E-state index contributed by atoms with van der Waals surface area (Å²) in [4.78, 5) is 0. The van der Waals surface area contributed by atoms with Crippen LogP contribution in [0.4, 0.5) is 0 Å². The van der Waals surface area contributed by atoms with Gasteiger partial charge in [-0.1, -0.05) is 25.7 Å². The summed E-state index contributed by atoms with van der Waals surface area (Å²) in [6.45, 7) is 2.02. The molecule has 90 valence electrons. The molecular weight excluding hydrogens is 198 g/mol. The van der Waals surface area contributed by atoms with Crippen molar-refractivity contribution in [2.24, 2.45) is 5.92 Å². The molecule has 0 amide bonds. The molecule has 0 radical (unpaired) electrons. The monoisotopic (exact) mass is 221 g/mol. The van der Waals surface area contributed by atoms with Gasteiger partial charge in [-0.2, -0.15) is 0 Å². The molecule has 2 rings (SSSR count). The standard InChI is InChI=1S/C14H23NO/c1-11-9-10-13(16-11)14(15-2)12-7-5-3-4-6-8-12/h9-10,12,14-15H,3-8H2,1-2H3. The average molecular weight is 221 g/mol. The van der Waals surface area contributed by atoms with E-state index in [0.29, 0.717) is 6.04 Å². The van der Waals surface area contributed by atoms with Crippen LogP contribution in [0, 0.1) is 12.8 Å². The van der Waals surface area contributed by atoms with Crippen LogP contribution in [0.3, 0.4) is 0 Å². The van der Waals surface area contributed by atoms with Crippen molar-refractivity contribution in [2.75, 3.05) is 7.05 Å². The van der Waals surface area contributed by atoms with Gasteiger partial charge in [0, 0.05) is 0 Å². The zero-order valence-corrected chi connectivity index (χ0v) is 10.5. The first-order valence-electron chi connectivity index (χ1n) is 6.55. The lowest BCUT2D eigenvalue weighted by Crippen LogP contribution is -2.24. The van der Waals surface area contributed by atoms with Crippen LogP contribution in [-0.4, -0.2) is 7.05 Å². The van der Waals surface area contributed by atoms with Crippen LogP contribution in [0.2, 0.25) is 0 Å². The molecular formula is C14H23NO. The van der Waals surface area contributed by atoms with Gasteiger partial charge in [-0.25, -0.2) is 0 Å². The summed E-state index contributed by atoms with van der Waals surface area (Å²) >= 11 is 0. The van der Waals surface area contributed by atoms with E-state index in [1.165, 1.54) is 38.5 Å². The highest BCUT2D eigenvalue weighted by Crippen LogP contribution is 2.33. The van der Waals surface area contributed by atoms with Crippen LogP contribution < -0.4 is 5.32 Å². The van der Waals surface area contributed by atoms with Crippen molar-refractivity contribution in [1.82, 2.24) is 5.32 Å². The van der Waals surface area contributed by atoms with Crippen LogP contribution in [0.15, 0.2) is 16.5 Å². The highest BCUT2D eigenvalue weighted by atomic mass is 16.3. The van der Waals surface area contributed by atoms with Gasteiger partial charge in [-0.3, -0.25) is 0 Å². The highest BCUT2D eigenvalue weighted by molar-refractivity contribution is 5.10. The Morgan fingerprint density at radius 3 is 2.38 bits per heavy atom. The molecule has 0 saturated heterocycles. The second kappa shape index (κ2) is 5.53. The van der Waals surface area contributed by atoms with E-state index in [2.05, 4.69) is 17.4 Å². The Balaban J connectivity index is 2.08. The molecule has 0 aliphatic heterocycles. The molecule has 2 nitrogen and oxygen atoms in total. The summed E-state index contributed by atoms with van der Waals surface area (Å²) in [6, 6.07) is 4.60. The smallest absolute Gasteiger partial charge is 0.121 e. The van der Waals surface area contributed by atoms with E-state index >= 15 is 0 Å². The first-order valence-corrected chi connectivity index (χ1v) is 6.55. The highest BCUT2D eigenvalue weighted by Gasteiger charge is 2.24. The first-order chi connectivity index (χ1) is 7.81. The number of aryl methyl sites for hydroxylation is 1. The van der Waals surface area contributed by atoms with Gasteiger partial charge in [-0.15, -0.1) is 0 Å². The predicted molar refractivity (Wildman–Crippen MR) is 66.4 cm³/mol. The second-order valence-corrected chi connectivity index (χ2v) is 4.97. The third-order valence-electron chi connectivity index (χ3n) is 3.75. The Morgan fingerprint density at radius 1 is 1.19 bits per heavy atom. The summed E-state index contributed by atoms with van der Waals surface area (Å²) in [5.41, 5.74) is 0. The molecule has 1 aliphatic carbocycles. The molecule has 1 fully saturated rings. The zero-order chi connectivity index (χ0) is 11.4. The lowest BCUT2D eigenvalue weighted by Gasteiger charge is -2.23. The van der Waals surface area contributed by atoms with Gasteiger partial charge < -0.3 is 9.73 Å². The molecule has 0 aromatic carbocycles. The molecule has 1 aromatic rings. The Bertz CT molecular complexity index is 310. The van der Waals surface area contributed by atoms with Crippen LogP contribution in [0.5, 0.6) is 0 Å². The molecule has 1 aromatic heterocycles. The van der Waals surface area contributed by atoms with Crippen molar-refractivity contribution in [3.8, 4) is 0 Å². The Hall–Kier alpha value is -0.760. The lowest BCUT2D eigenvalue weighted by atomic mass is 9.90. The van der Waals surface area contributed by atoms with Gasteiger partial charge in [0.25, 0.3) is 0 Å². The number of nitrogens with one attached hydrogen (secondary N) is 1. The largest absolute Gasteiger partial charge is 0.465 e. The summed E-state index contributed by atoms with van der Waals surface area (Å²) in [5.74, 6) is 2.88. The van der Waals surface area contributed by atoms with Crippen molar-refractivity contribution >= 4 is 0 Å². The van der Waals surface area contributed by atoms with Crippen molar-refractivity contribution in [3.63, 3.8) is 0 Å². The van der Waals surface area contributed by atoms with Crippen LogP contribution in [0.1, 0.15) is 56.1 Å². The fraction of sp³-hybridized carbons (Fsp3) is 0.714. The number of hydrogen-bond donors (Lipinski definition) is 1. The number of furan rings is 1. The molecule has 1 atom stereocenters. The topological polar surface area (TPSA) is 25.2 Å². The fourth-order valence-electron chi connectivity index (χ4n) is 2.88. The van der Waals surface area contributed by atoms with Gasteiger partial charge in [0.1, 0.15) is 11.5 Å². The number of hydrogen-bond acceptors (Lipinski definition) is 2. The minimum Gasteiger partial charge on any atom is -0.465 e. The van der Waals surface area contributed by atoms with Gasteiger partial charge >= 0.3 is 0 Å². The zero-order valence-electron chi connectivity index (χ0n) is 10.5. The fourth-order valence-corrected chi connectivity index (χ4v) is 2.88. The summed E-state index contributed by atoms with van der Waals surface area (Å²) < 4.78 is 5.77. The molecule has 1 N–H and O–H groups in total. The normalized spacial score (nSPS) is 20.6. The van der Waals surface area contributed by atoms with Crippen LogP contribution in [0.25, 0.3) is 0 Å². The van der Waals surface area contributed by atoms with E-state index in [0.717, 1.165) is 17.4 Å². The molecule has 0 spiro atoms. The third kappa shape index (κ3) is 2.67. The quantitative estimate of drug-likeness (QED) is 0.785. The minimum absolute atomic E-state index is 0.409. The van der Waals surface area contributed by atoms with E-state index < -0.39 is 0 Å². The van der Waals surface area contributed by atoms with E-state index in [-0.39, 0.29) is 0 Å². The van der Waals surface area contributed by atoms with E-state index in [1.807, 2.05) is 14.0 Å². The minimum atomic E-state index is 0.409. The van der Waals surface area contributed by atoms with Crippen LogP contribution >= 0.6 is 0 Å². The summed E-state index contributed by atoms with van der Waals surface area (Å²) in [5, 5.41) is 3.44. The maximum Gasteiger partial charge on any atom is 0.121 e. The first kappa shape index (κ1) is 11.7. The van der Waals surface area contributed by atoms with E-state index in [4.69, 9.17) is 4.42 Å². The van der Waals surface area contributed by atoms with E-state index in [9.17, 15) is 0 Å². The maximum atomic E-state index is 5.77. The Morgan fingerprint density at radius 2 is 1.88 bits per heavy atom. The molecule has 0 bridgehead atoms. The molecule has 1 aliphatic rings. The predicted octanol–water partition coefficient (Wildman–Crippen LogP) is 3.82.